The van der Waals surface area contributed by atoms with Gasteiger partial charge in [0.2, 0.25) is 0 Å². The van der Waals surface area contributed by atoms with Crippen molar-refractivity contribution in [1.29, 1.82) is 0 Å². The first-order valence-electron chi connectivity index (χ1n) is 4.85. The van der Waals surface area contributed by atoms with E-state index in [4.69, 9.17) is 0 Å². The van der Waals surface area contributed by atoms with Crippen molar-refractivity contribution in [2.45, 2.75) is 25.3 Å². The van der Waals surface area contributed by atoms with Gasteiger partial charge in [-0.2, -0.15) is 0 Å². The minimum Gasteiger partial charge on any atom is -0.304 e. The molecule has 2 rings (SSSR count). The minimum atomic E-state index is -2.68. The molecule has 0 saturated carbocycles. The molecule has 82 valence electrons. The third kappa shape index (κ3) is 2.31. The smallest absolute Gasteiger partial charge is 0.262 e. The summed E-state index contributed by atoms with van der Waals surface area (Å²) in [5.74, 6) is -3.05. The molecule has 1 unspecified atom stereocenters. The van der Waals surface area contributed by atoms with E-state index in [1.807, 2.05) is 0 Å². The molecule has 1 N–H and O–H groups in total. The Hall–Kier alpha value is -1.03. The first-order chi connectivity index (χ1) is 6.96. The Morgan fingerprint density at radius 3 is 2.60 bits per heavy atom. The highest BCUT2D eigenvalue weighted by atomic mass is 19.3. The molecule has 1 heterocycles. The molecule has 0 aromatic heterocycles. The van der Waals surface area contributed by atoms with Gasteiger partial charge in [-0.3, -0.25) is 0 Å². The highest BCUT2D eigenvalue weighted by Crippen LogP contribution is 2.34. The molecule has 0 bridgehead atoms. The van der Waals surface area contributed by atoms with Crippen LogP contribution in [0.4, 0.5) is 13.2 Å². The summed E-state index contributed by atoms with van der Waals surface area (Å²) in [7, 11) is 0. The van der Waals surface area contributed by atoms with Crippen molar-refractivity contribution in [2.75, 3.05) is 6.54 Å². The Kier molecular flexibility index (Phi) is 2.46. The van der Waals surface area contributed by atoms with Gasteiger partial charge in [-0.25, -0.2) is 13.2 Å². The summed E-state index contributed by atoms with van der Waals surface area (Å²) >= 11 is 0. The maximum atomic E-state index is 13.1. The zero-order chi connectivity index (χ0) is 11.1. The van der Waals surface area contributed by atoms with Crippen molar-refractivity contribution in [3.63, 3.8) is 0 Å². The van der Waals surface area contributed by atoms with Crippen LogP contribution in [-0.4, -0.2) is 12.5 Å². The first-order valence-corrected chi connectivity index (χ1v) is 4.85. The molecule has 0 spiro atoms. The lowest BCUT2D eigenvalue weighted by Crippen LogP contribution is -2.19. The summed E-state index contributed by atoms with van der Waals surface area (Å²) < 4.78 is 38.9. The van der Waals surface area contributed by atoms with Gasteiger partial charge in [0.1, 0.15) is 5.82 Å². The Balaban J connectivity index is 2.24. The van der Waals surface area contributed by atoms with Crippen molar-refractivity contribution in [1.82, 2.24) is 5.32 Å². The Morgan fingerprint density at radius 1 is 1.33 bits per heavy atom. The van der Waals surface area contributed by atoms with E-state index in [1.54, 1.807) is 13.0 Å². The van der Waals surface area contributed by atoms with E-state index in [9.17, 15) is 13.2 Å². The van der Waals surface area contributed by atoms with Crippen LogP contribution in [0.2, 0.25) is 0 Å². The number of rotatable bonds is 1. The van der Waals surface area contributed by atoms with Gasteiger partial charge in [0, 0.05) is 12.5 Å². The van der Waals surface area contributed by atoms with Crippen LogP contribution in [0.3, 0.4) is 0 Å². The first kappa shape index (κ1) is 10.5. The van der Waals surface area contributed by atoms with Gasteiger partial charge in [0.15, 0.2) is 0 Å². The topological polar surface area (TPSA) is 12.0 Å². The number of hydrogen-bond acceptors (Lipinski definition) is 1. The van der Waals surface area contributed by atoms with Crippen molar-refractivity contribution in [2.24, 2.45) is 0 Å². The van der Waals surface area contributed by atoms with Crippen LogP contribution >= 0.6 is 0 Å². The molecule has 1 atom stereocenters. The minimum absolute atomic E-state index is 0.254. The fourth-order valence-electron chi connectivity index (χ4n) is 1.92. The summed E-state index contributed by atoms with van der Waals surface area (Å²) in [5.41, 5.74) is 1.35. The predicted octanol–water partition coefficient (Wildman–Crippen LogP) is 2.80. The fraction of sp³-hybridized carbons (Fsp3) is 0.455. The predicted molar refractivity (Wildman–Crippen MR) is 51.4 cm³/mol. The number of aryl methyl sites for hydroxylation is 1. The van der Waals surface area contributed by atoms with E-state index in [0.717, 1.165) is 5.56 Å². The molecule has 15 heavy (non-hydrogen) atoms. The van der Waals surface area contributed by atoms with Crippen LogP contribution in [0.5, 0.6) is 0 Å². The van der Waals surface area contributed by atoms with E-state index < -0.39 is 12.0 Å². The second-order valence-electron chi connectivity index (χ2n) is 4.06. The molecule has 1 aliphatic rings. The van der Waals surface area contributed by atoms with E-state index in [1.165, 1.54) is 12.1 Å². The molecule has 0 radical (unpaired) electrons. The lowest BCUT2D eigenvalue weighted by atomic mass is 10.0. The monoisotopic (exact) mass is 215 g/mol. The Morgan fingerprint density at radius 2 is 2.07 bits per heavy atom. The van der Waals surface area contributed by atoms with Gasteiger partial charge in [-0.05, 0) is 30.2 Å². The second kappa shape index (κ2) is 3.52. The van der Waals surface area contributed by atoms with E-state index in [0.29, 0.717) is 5.56 Å². The van der Waals surface area contributed by atoms with Crippen LogP contribution in [0.1, 0.15) is 23.6 Å². The summed E-state index contributed by atoms with van der Waals surface area (Å²) in [6.07, 6.45) is -0.254. The molecule has 1 nitrogen and oxygen atoms in total. The van der Waals surface area contributed by atoms with E-state index >= 15 is 0 Å². The highest BCUT2D eigenvalue weighted by Gasteiger charge is 2.39. The standard InChI is InChI=1S/C11H12F3N/c1-7-2-8(4-9(12)3-7)10-5-11(13,14)6-15-10/h2-4,10,15H,5-6H2,1H3. The second-order valence-corrected chi connectivity index (χ2v) is 4.06. The van der Waals surface area contributed by atoms with Gasteiger partial charge in [0.25, 0.3) is 5.92 Å². The van der Waals surface area contributed by atoms with Gasteiger partial charge in [-0.15, -0.1) is 0 Å². The van der Waals surface area contributed by atoms with Gasteiger partial charge < -0.3 is 5.32 Å². The zero-order valence-electron chi connectivity index (χ0n) is 8.36. The maximum Gasteiger partial charge on any atom is 0.262 e. The van der Waals surface area contributed by atoms with Crippen molar-refractivity contribution in [3.8, 4) is 0 Å². The van der Waals surface area contributed by atoms with Crippen molar-refractivity contribution < 1.29 is 13.2 Å². The van der Waals surface area contributed by atoms with Crippen LogP contribution in [-0.2, 0) is 0 Å². The Bertz CT molecular complexity index is 356. The number of halogens is 3. The molecule has 0 aliphatic carbocycles. The number of hydrogen-bond donors (Lipinski definition) is 1. The molecule has 1 fully saturated rings. The third-order valence-electron chi connectivity index (χ3n) is 2.58. The summed E-state index contributed by atoms with van der Waals surface area (Å²) in [6.45, 7) is 1.42. The third-order valence-corrected chi connectivity index (χ3v) is 2.58. The average molecular weight is 215 g/mol. The molecule has 0 amide bonds. The molecule has 1 aromatic rings. The normalized spacial score (nSPS) is 24.4. The average Bonchev–Trinajstić information content (AvgIpc) is 2.44. The molecule has 1 aromatic carbocycles. The van der Waals surface area contributed by atoms with Crippen LogP contribution in [0.15, 0.2) is 18.2 Å². The number of nitrogens with one attached hydrogen (secondary N) is 1. The summed E-state index contributed by atoms with van der Waals surface area (Å²) in [5, 5.41) is 2.70. The van der Waals surface area contributed by atoms with Crippen molar-refractivity contribution >= 4 is 0 Å². The lowest BCUT2D eigenvalue weighted by molar-refractivity contribution is 0.0210. The maximum absolute atomic E-state index is 13.1. The highest BCUT2D eigenvalue weighted by molar-refractivity contribution is 5.27. The molecular weight excluding hydrogens is 203 g/mol. The largest absolute Gasteiger partial charge is 0.304 e. The molecule has 4 heteroatoms. The molecule has 1 saturated heterocycles. The van der Waals surface area contributed by atoms with Crippen molar-refractivity contribution in [3.05, 3.63) is 35.1 Å². The molecular formula is C11H12F3N. The molecule has 1 aliphatic heterocycles. The van der Waals surface area contributed by atoms with E-state index in [2.05, 4.69) is 5.32 Å². The van der Waals surface area contributed by atoms with E-state index in [-0.39, 0.29) is 18.8 Å². The SMILES string of the molecule is Cc1cc(F)cc(C2CC(F)(F)CN2)c1. The number of benzene rings is 1. The Labute approximate surface area is 86.3 Å². The summed E-state index contributed by atoms with van der Waals surface area (Å²) in [4.78, 5) is 0. The van der Waals surface area contributed by atoms with Gasteiger partial charge in [-0.1, -0.05) is 6.07 Å². The fourth-order valence-corrected chi connectivity index (χ4v) is 1.92. The lowest BCUT2D eigenvalue weighted by Gasteiger charge is -2.11. The number of alkyl halides is 2. The van der Waals surface area contributed by atoms with Crippen LogP contribution < -0.4 is 5.32 Å². The quantitative estimate of drug-likeness (QED) is 0.759. The zero-order valence-corrected chi connectivity index (χ0v) is 8.36. The van der Waals surface area contributed by atoms with Crippen LogP contribution in [0.25, 0.3) is 0 Å². The van der Waals surface area contributed by atoms with Gasteiger partial charge >= 0.3 is 0 Å². The van der Waals surface area contributed by atoms with Gasteiger partial charge in [0.05, 0.1) is 6.54 Å². The summed E-state index contributed by atoms with van der Waals surface area (Å²) in [6, 6.07) is 4.00. The van der Waals surface area contributed by atoms with Crippen LogP contribution in [0, 0.1) is 12.7 Å².